The normalized spacial score (nSPS) is 24.8. The molecule has 0 radical (unpaired) electrons. The minimum atomic E-state index is -0.836. The van der Waals surface area contributed by atoms with Crippen molar-refractivity contribution in [3.05, 3.63) is 35.7 Å². The second-order valence-electron chi connectivity index (χ2n) is 5.08. The van der Waals surface area contributed by atoms with E-state index in [0.29, 0.717) is 30.5 Å². The molecule has 0 spiro atoms. The van der Waals surface area contributed by atoms with Gasteiger partial charge in [0.05, 0.1) is 5.56 Å². The Morgan fingerprint density at radius 3 is 3.00 bits per heavy atom. The highest BCUT2D eigenvalue weighted by Crippen LogP contribution is 2.40. The van der Waals surface area contributed by atoms with Gasteiger partial charge >= 0.3 is 6.09 Å². The zero-order chi connectivity index (χ0) is 13.4. The van der Waals surface area contributed by atoms with E-state index in [9.17, 15) is 4.79 Å². The van der Waals surface area contributed by atoms with Crippen molar-refractivity contribution in [1.82, 2.24) is 9.88 Å². The number of rotatable bonds is 1. The molecule has 0 aromatic carbocycles. The predicted molar refractivity (Wildman–Crippen MR) is 68.1 cm³/mol. The predicted octanol–water partition coefficient (Wildman–Crippen LogP) is 1.97. The van der Waals surface area contributed by atoms with Gasteiger partial charge < -0.3 is 10.0 Å². The molecule has 1 amide bonds. The van der Waals surface area contributed by atoms with Crippen molar-refractivity contribution >= 4 is 11.7 Å². The van der Waals surface area contributed by atoms with Gasteiger partial charge in [-0.2, -0.15) is 5.26 Å². The van der Waals surface area contributed by atoms with Crippen LogP contribution in [-0.2, 0) is 0 Å². The molecule has 0 saturated carbocycles. The van der Waals surface area contributed by atoms with E-state index in [4.69, 9.17) is 10.4 Å². The van der Waals surface area contributed by atoms with Crippen molar-refractivity contribution in [3.8, 4) is 6.07 Å². The molecule has 2 atom stereocenters. The lowest BCUT2D eigenvalue weighted by atomic mass is 9.98. The molecule has 19 heavy (non-hydrogen) atoms. The Morgan fingerprint density at radius 1 is 1.47 bits per heavy atom. The van der Waals surface area contributed by atoms with Crippen molar-refractivity contribution in [2.24, 2.45) is 11.8 Å². The molecular formula is C14H13N3O2. The third-order valence-electron chi connectivity index (χ3n) is 3.90. The molecule has 2 heterocycles. The highest BCUT2D eigenvalue weighted by atomic mass is 16.4. The zero-order valence-corrected chi connectivity index (χ0v) is 10.3. The van der Waals surface area contributed by atoms with Crippen LogP contribution in [0.3, 0.4) is 0 Å². The van der Waals surface area contributed by atoms with Gasteiger partial charge in [0.2, 0.25) is 0 Å². The highest BCUT2D eigenvalue weighted by molar-refractivity contribution is 5.70. The molecule has 2 aliphatic rings. The molecule has 1 fully saturated rings. The van der Waals surface area contributed by atoms with Gasteiger partial charge in [0.1, 0.15) is 6.07 Å². The Morgan fingerprint density at radius 2 is 2.32 bits per heavy atom. The van der Waals surface area contributed by atoms with E-state index in [1.165, 1.54) is 10.5 Å². The van der Waals surface area contributed by atoms with Crippen molar-refractivity contribution in [3.63, 3.8) is 0 Å². The number of nitriles is 1. The second-order valence-corrected chi connectivity index (χ2v) is 5.08. The molecule has 2 unspecified atom stereocenters. The lowest BCUT2D eigenvalue weighted by Crippen LogP contribution is -2.27. The van der Waals surface area contributed by atoms with Crippen LogP contribution < -0.4 is 0 Å². The van der Waals surface area contributed by atoms with Gasteiger partial charge in [0.25, 0.3) is 0 Å². The summed E-state index contributed by atoms with van der Waals surface area (Å²) in [6, 6.07) is 3.93. The van der Waals surface area contributed by atoms with Crippen LogP contribution in [0.25, 0.3) is 5.57 Å². The molecule has 1 saturated heterocycles. The summed E-state index contributed by atoms with van der Waals surface area (Å²) < 4.78 is 0. The van der Waals surface area contributed by atoms with E-state index < -0.39 is 6.09 Å². The lowest BCUT2D eigenvalue weighted by Gasteiger charge is -2.12. The summed E-state index contributed by atoms with van der Waals surface area (Å²) in [5.74, 6) is 0.675. The zero-order valence-electron chi connectivity index (χ0n) is 10.3. The van der Waals surface area contributed by atoms with E-state index in [1.54, 1.807) is 12.4 Å². The lowest BCUT2D eigenvalue weighted by molar-refractivity contribution is 0.153. The first-order valence-electron chi connectivity index (χ1n) is 6.21. The number of pyridine rings is 1. The van der Waals surface area contributed by atoms with Gasteiger partial charge in [-0.25, -0.2) is 4.79 Å². The molecule has 5 heteroatoms. The minimum Gasteiger partial charge on any atom is -0.465 e. The van der Waals surface area contributed by atoms with Crippen LogP contribution in [0.5, 0.6) is 0 Å². The Balaban J connectivity index is 1.81. The number of allylic oxidation sites excluding steroid dienone is 1. The second kappa shape index (κ2) is 4.39. The minimum absolute atomic E-state index is 0.303. The number of carbonyl (C=O) groups is 1. The van der Waals surface area contributed by atoms with Crippen LogP contribution >= 0.6 is 0 Å². The van der Waals surface area contributed by atoms with Crippen molar-refractivity contribution < 1.29 is 9.90 Å². The smallest absolute Gasteiger partial charge is 0.407 e. The van der Waals surface area contributed by atoms with Crippen molar-refractivity contribution in [2.45, 2.75) is 6.42 Å². The van der Waals surface area contributed by atoms with Gasteiger partial charge in [-0.05, 0) is 35.5 Å². The van der Waals surface area contributed by atoms with E-state index in [1.807, 2.05) is 6.07 Å². The maximum Gasteiger partial charge on any atom is 0.407 e. The van der Waals surface area contributed by atoms with Crippen LogP contribution in [0.4, 0.5) is 4.79 Å². The van der Waals surface area contributed by atoms with Gasteiger partial charge in [-0.15, -0.1) is 0 Å². The number of carboxylic acid groups (broad SMARTS) is 1. The first kappa shape index (κ1) is 11.7. The fourth-order valence-corrected chi connectivity index (χ4v) is 2.96. The van der Waals surface area contributed by atoms with E-state index in [-0.39, 0.29) is 0 Å². The maximum absolute atomic E-state index is 10.9. The monoisotopic (exact) mass is 255 g/mol. The summed E-state index contributed by atoms with van der Waals surface area (Å²) >= 11 is 0. The first-order chi connectivity index (χ1) is 9.17. The average Bonchev–Trinajstić information content (AvgIpc) is 2.96. The number of nitrogens with zero attached hydrogens (tertiary/aromatic N) is 3. The van der Waals surface area contributed by atoms with E-state index in [0.717, 1.165) is 12.0 Å². The van der Waals surface area contributed by atoms with Gasteiger partial charge in [-0.3, -0.25) is 4.98 Å². The van der Waals surface area contributed by atoms with Gasteiger partial charge in [-0.1, -0.05) is 6.08 Å². The Bertz CT molecular complexity index is 603. The molecular weight excluding hydrogens is 242 g/mol. The maximum atomic E-state index is 10.9. The molecule has 0 bridgehead atoms. The Kier molecular flexibility index (Phi) is 2.71. The van der Waals surface area contributed by atoms with Crippen LogP contribution in [0.15, 0.2) is 24.5 Å². The number of likely N-dealkylation sites (tertiary alicyclic amines) is 1. The summed E-state index contributed by atoms with van der Waals surface area (Å²) in [7, 11) is 0. The van der Waals surface area contributed by atoms with E-state index in [2.05, 4.69) is 17.1 Å². The van der Waals surface area contributed by atoms with Crippen LogP contribution in [0.1, 0.15) is 17.5 Å². The largest absolute Gasteiger partial charge is 0.465 e. The number of hydrogen-bond donors (Lipinski definition) is 1. The highest BCUT2D eigenvalue weighted by Gasteiger charge is 2.38. The number of hydrogen-bond acceptors (Lipinski definition) is 3. The molecule has 1 aliphatic heterocycles. The first-order valence-corrected chi connectivity index (χ1v) is 6.21. The summed E-state index contributed by atoms with van der Waals surface area (Å²) in [6.45, 7) is 1.18. The summed E-state index contributed by atoms with van der Waals surface area (Å²) in [6.07, 6.45) is 5.49. The third-order valence-corrected chi connectivity index (χ3v) is 3.90. The van der Waals surface area contributed by atoms with Crippen LogP contribution in [0.2, 0.25) is 0 Å². The number of fused-ring (bicyclic) bond motifs is 1. The SMILES string of the molecule is N#Cc1cncc(C2=CC3CN(C(=O)O)CC3C2)c1. The molecule has 1 aromatic heterocycles. The third kappa shape index (κ3) is 2.06. The van der Waals surface area contributed by atoms with Crippen molar-refractivity contribution in [1.29, 1.82) is 5.26 Å². The summed E-state index contributed by atoms with van der Waals surface area (Å²) in [5.41, 5.74) is 2.72. The van der Waals surface area contributed by atoms with Gasteiger partial charge in [0, 0.05) is 25.5 Å². The fraction of sp³-hybridized carbons (Fsp3) is 0.357. The van der Waals surface area contributed by atoms with Gasteiger partial charge in [0.15, 0.2) is 0 Å². The summed E-state index contributed by atoms with van der Waals surface area (Å²) in [5, 5.41) is 17.9. The van der Waals surface area contributed by atoms with E-state index >= 15 is 0 Å². The number of amides is 1. The quantitative estimate of drug-likeness (QED) is 0.832. The fourth-order valence-electron chi connectivity index (χ4n) is 2.96. The standard InChI is InChI=1S/C14H13N3O2/c15-4-9-1-11(6-16-5-9)10-2-12-7-17(14(18)19)8-13(12)3-10/h1-2,5-6,12-13H,3,7-8H2,(H,18,19). The van der Waals surface area contributed by atoms with Crippen molar-refractivity contribution in [2.75, 3.05) is 13.1 Å². The molecule has 5 nitrogen and oxygen atoms in total. The topological polar surface area (TPSA) is 77.2 Å². The molecule has 1 N–H and O–H groups in total. The van der Waals surface area contributed by atoms with Crippen LogP contribution in [0, 0.1) is 23.2 Å². The summed E-state index contributed by atoms with van der Waals surface area (Å²) in [4.78, 5) is 16.5. The van der Waals surface area contributed by atoms with Crippen LogP contribution in [-0.4, -0.2) is 34.2 Å². The molecule has 96 valence electrons. The molecule has 3 rings (SSSR count). The molecule has 1 aliphatic carbocycles. The number of aromatic nitrogens is 1. The average molecular weight is 255 g/mol. The Labute approximate surface area is 110 Å². The Hall–Kier alpha value is -2.35. The molecule has 1 aromatic rings.